The fraction of sp³-hybridized carbons (Fsp3) is 0.435. The second kappa shape index (κ2) is 7.21. The van der Waals surface area contributed by atoms with E-state index in [1.54, 1.807) is 18.2 Å². The van der Waals surface area contributed by atoms with Crippen LogP contribution in [0.25, 0.3) is 0 Å². The number of ketones is 1. The minimum atomic E-state index is -0.674. The van der Waals surface area contributed by atoms with Crippen molar-refractivity contribution in [2.24, 2.45) is 17.1 Å². The number of carbonyl (C=O) groups is 2. The number of esters is 1. The maximum absolute atomic E-state index is 13.1. The summed E-state index contributed by atoms with van der Waals surface area (Å²) in [6, 6.07) is 7.17. The van der Waals surface area contributed by atoms with Crippen LogP contribution < -0.4 is 15.2 Å². The zero-order chi connectivity index (χ0) is 21.6. The maximum atomic E-state index is 13.1. The van der Waals surface area contributed by atoms with E-state index < -0.39 is 5.92 Å². The summed E-state index contributed by atoms with van der Waals surface area (Å²) in [7, 11) is 1.49. The van der Waals surface area contributed by atoms with E-state index in [4.69, 9.17) is 19.9 Å². The molecule has 0 spiro atoms. The van der Waals surface area contributed by atoms with Gasteiger partial charge in [-0.2, -0.15) is 5.26 Å². The number of allylic oxidation sites excluding steroid dienone is 3. The molecule has 0 amide bonds. The number of hydrogen-bond acceptors (Lipinski definition) is 7. The normalized spacial score (nSPS) is 22.7. The van der Waals surface area contributed by atoms with Gasteiger partial charge >= 0.3 is 5.97 Å². The first-order chi connectivity index (χ1) is 14.2. The van der Waals surface area contributed by atoms with Crippen molar-refractivity contribution in [3.8, 4) is 17.6 Å². The lowest BCUT2D eigenvalue weighted by molar-refractivity contribution is -0.135. The molecule has 0 aromatic heterocycles. The van der Waals surface area contributed by atoms with Gasteiger partial charge in [0.2, 0.25) is 5.88 Å². The third kappa shape index (κ3) is 3.54. The summed E-state index contributed by atoms with van der Waals surface area (Å²) in [5, 5.41) is 9.76. The molecule has 1 heterocycles. The Morgan fingerprint density at radius 3 is 2.63 bits per heavy atom. The van der Waals surface area contributed by atoms with Gasteiger partial charge in [0.25, 0.3) is 0 Å². The van der Waals surface area contributed by atoms with Crippen LogP contribution in [-0.2, 0) is 14.3 Å². The quantitative estimate of drug-likeness (QED) is 0.600. The van der Waals surface area contributed by atoms with Gasteiger partial charge in [-0.1, -0.05) is 19.9 Å². The monoisotopic (exact) mass is 408 g/mol. The second-order valence-corrected chi connectivity index (χ2v) is 8.81. The summed E-state index contributed by atoms with van der Waals surface area (Å²) in [5.74, 6) is 0.0433. The van der Waals surface area contributed by atoms with E-state index in [0.717, 1.165) is 12.8 Å². The number of rotatable bonds is 4. The molecule has 0 bridgehead atoms. The van der Waals surface area contributed by atoms with Crippen LogP contribution in [0.1, 0.15) is 51.0 Å². The molecule has 1 saturated carbocycles. The Kier molecular flexibility index (Phi) is 4.81. The van der Waals surface area contributed by atoms with Crippen molar-refractivity contribution in [1.29, 1.82) is 5.26 Å². The summed E-state index contributed by atoms with van der Waals surface area (Å²) in [6.07, 6.45) is 2.53. The van der Waals surface area contributed by atoms with Crippen molar-refractivity contribution >= 4 is 11.8 Å². The summed E-state index contributed by atoms with van der Waals surface area (Å²) in [4.78, 5) is 25.3. The number of carbonyl (C=O) groups excluding carboxylic acids is 2. The molecule has 0 radical (unpaired) electrons. The lowest BCUT2D eigenvalue weighted by Gasteiger charge is -2.37. The molecule has 0 saturated heterocycles. The minimum absolute atomic E-state index is 0.000840. The van der Waals surface area contributed by atoms with Crippen molar-refractivity contribution in [3.05, 3.63) is 46.6 Å². The van der Waals surface area contributed by atoms with Gasteiger partial charge < -0.3 is 19.9 Å². The molecule has 1 fully saturated rings. The summed E-state index contributed by atoms with van der Waals surface area (Å²) in [5.41, 5.74) is 7.05. The number of ether oxygens (including phenoxy) is 3. The fourth-order valence-corrected chi connectivity index (χ4v) is 4.08. The third-order valence-corrected chi connectivity index (χ3v) is 5.72. The minimum Gasteiger partial charge on any atom is -0.493 e. The Labute approximate surface area is 175 Å². The van der Waals surface area contributed by atoms with Crippen LogP contribution in [0.2, 0.25) is 0 Å². The van der Waals surface area contributed by atoms with E-state index in [9.17, 15) is 14.9 Å². The van der Waals surface area contributed by atoms with E-state index in [-0.39, 0.29) is 40.3 Å². The van der Waals surface area contributed by atoms with Gasteiger partial charge in [-0.05, 0) is 36.0 Å². The number of benzene rings is 1. The van der Waals surface area contributed by atoms with Crippen molar-refractivity contribution in [2.45, 2.75) is 45.4 Å². The highest BCUT2D eigenvalue weighted by Crippen LogP contribution is 2.48. The number of nitriles is 1. The highest BCUT2D eigenvalue weighted by molar-refractivity contribution is 6.00. The van der Waals surface area contributed by atoms with E-state index in [1.165, 1.54) is 7.11 Å². The van der Waals surface area contributed by atoms with Crippen molar-refractivity contribution in [3.63, 3.8) is 0 Å². The molecule has 156 valence electrons. The number of methoxy groups -OCH3 is 1. The first kappa shape index (κ1) is 20.0. The highest BCUT2D eigenvalue weighted by Gasteiger charge is 2.43. The van der Waals surface area contributed by atoms with Crippen LogP contribution in [0.15, 0.2) is 41.0 Å². The lowest BCUT2D eigenvalue weighted by atomic mass is 9.70. The van der Waals surface area contributed by atoms with E-state index >= 15 is 0 Å². The van der Waals surface area contributed by atoms with Gasteiger partial charge in [0.05, 0.1) is 18.9 Å². The Hall–Kier alpha value is -3.27. The molecule has 30 heavy (non-hydrogen) atoms. The van der Waals surface area contributed by atoms with Crippen LogP contribution in [-0.4, -0.2) is 18.9 Å². The zero-order valence-electron chi connectivity index (χ0n) is 17.3. The molecule has 7 heteroatoms. The highest BCUT2D eigenvalue weighted by atomic mass is 16.6. The predicted octanol–water partition coefficient (Wildman–Crippen LogP) is 3.46. The first-order valence-electron chi connectivity index (χ1n) is 9.97. The molecule has 1 atom stereocenters. The van der Waals surface area contributed by atoms with Gasteiger partial charge in [-0.15, -0.1) is 0 Å². The Balaban J connectivity index is 1.80. The van der Waals surface area contributed by atoms with Gasteiger partial charge in [0, 0.05) is 18.4 Å². The molecule has 2 N–H and O–H groups in total. The maximum Gasteiger partial charge on any atom is 0.314 e. The first-order valence-corrected chi connectivity index (χ1v) is 9.97. The predicted molar refractivity (Wildman–Crippen MR) is 107 cm³/mol. The molecule has 1 aromatic rings. The van der Waals surface area contributed by atoms with Crippen LogP contribution in [0.4, 0.5) is 0 Å². The van der Waals surface area contributed by atoms with Crippen molar-refractivity contribution in [1.82, 2.24) is 0 Å². The van der Waals surface area contributed by atoms with Crippen LogP contribution in [0.3, 0.4) is 0 Å². The van der Waals surface area contributed by atoms with Crippen LogP contribution in [0.5, 0.6) is 11.5 Å². The van der Waals surface area contributed by atoms with E-state index in [2.05, 4.69) is 6.07 Å². The molecule has 2 aliphatic carbocycles. The summed E-state index contributed by atoms with van der Waals surface area (Å²) < 4.78 is 16.6. The topological polar surface area (TPSA) is 112 Å². The number of hydrogen-bond donors (Lipinski definition) is 1. The molecule has 4 rings (SSSR count). The molecular weight excluding hydrogens is 384 g/mol. The smallest absolute Gasteiger partial charge is 0.314 e. The van der Waals surface area contributed by atoms with Crippen LogP contribution >= 0.6 is 0 Å². The molecular formula is C23H24N2O5. The second-order valence-electron chi connectivity index (χ2n) is 8.81. The molecule has 7 nitrogen and oxygen atoms in total. The average molecular weight is 408 g/mol. The number of nitrogens with zero attached hydrogens (tertiary/aromatic N) is 1. The summed E-state index contributed by atoms with van der Waals surface area (Å²) >= 11 is 0. The largest absolute Gasteiger partial charge is 0.493 e. The number of nitrogens with two attached hydrogens (primary N) is 1. The van der Waals surface area contributed by atoms with E-state index in [1.807, 2.05) is 13.8 Å². The fourth-order valence-electron chi connectivity index (χ4n) is 4.08. The standard InChI is InChI=1S/C23H24N2O5/c1-23(2)9-15(26)20-18(10-23)29-21(25)14(11-24)19(20)13-6-7-16(28-3)17(8-13)30-22(27)12-4-5-12/h6-8,12,19H,4-5,9-10,25H2,1-3H3/t19-/m0/s1. The van der Waals surface area contributed by atoms with Crippen molar-refractivity contribution in [2.75, 3.05) is 7.11 Å². The summed E-state index contributed by atoms with van der Waals surface area (Å²) in [6.45, 7) is 3.99. The Bertz CT molecular complexity index is 1040. The molecule has 3 aliphatic rings. The number of Topliss-reactive ketones (excluding diaryl/α,β-unsaturated/α-hetero) is 1. The lowest BCUT2D eigenvalue weighted by Crippen LogP contribution is -2.33. The van der Waals surface area contributed by atoms with E-state index in [0.29, 0.717) is 35.5 Å². The average Bonchev–Trinajstić information content (AvgIpc) is 3.51. The van der Waals surface area contributed by atoms with Gasteiger partial charge in [0.15, 0.2) is 17.3 Å². The molecule has 1 aromatic carbocycles. The van der Waals surface area contributed by atoms with Gasteiger partial charge in [0.1, 0.15) is 17.4 Å². The Morgan fingerprint density at radius 2 is 2.00 bits per heavy atom. The third-order valence-electron chi connectivity index (χ3n) is 5.72. The Morgan fingerprint density at radius 1 is 1.27 bits per heavy atom. The molecule has 0 unspecified atom stereocenters. The van der Waals surface area contributed by atoms with Gasteiger partial charge in [-0.3, -0.25) is 9.59 Å². The van der Waals surface area contributed by atoms with Crippen LogP contribution in [0, 0.1) is 22.7 Å². The SMILES string of the molecule is COc1ccc([C@H]2C(C#N)=C(N)OC3=C2C(=O)CC(C)(C)C3)cc1OC(=O)C1CC1. The molecule has 1 aliphatic heterocycles. The zero-order valence-corrected chi connectivity index (χ0v) is 17.3. The van der Waals surface area contributed by atoms with Gasteiger partial charge in [-0.25, -0.2) is 0 Å². The van der Waals surface area contributed by atoms with Crippen molar-refractivity contribution < 1.29 is 23.8 Å².